The van der Waals surface area contributed by atoms with Crippen LogP contribution in [0.25, 0.3) is 0 Å². The first-order chi connectivity index (χ1) is 8.51. The van der Waals surface area contributed by atoms with Crippen LogP contribution in [0.5, 0.6) is 0 Å². The summed E-state index contributed by atoms with van der Waals surface area (Å²) in [6.45, 7) is 6.40. The highest BCUT2D eigenvalue weighted by Gasteiger charge is 2.40. The van der Waals surface area contributed by atoms with Gasteiger partial charge in [-0.1, -0.05) is 26.7 Å². The van der Waals surface area contributed by atoms with Gasteiger partial charge in [-0.25, -0.2) is 0 Å². The summed E-state index contributed by atoms with van der Waals surface area (Å²) >= 11 is 0. The monoisotopic (exact) mass is 288 g/mol. The normalized spacial score (nSPS) is 26.3. The molecule has 0 aromatic carbocycles. The minimum Gasteiger partial charge on any atom is -0.341 e. The van der Waals surface area contributed by atoms with Crippen molar-refractivity contribution in [1.29, 1.82) is 0 Å². The van der Waals surface area contributed by atoms with Crippen LogP contribution in [-0.2, 0) is 4.79 Å². The molecule has 0 bridgehead atoms. The van der Waals surface area contributed by atoms with Gasteiger partial charge in [-0.15, -0.1) is 12.4 Å². The molecule has 19 heavy (non-hydrogen) atoms. The molecule has 1 heterocycles. The summed E-state index contributed by atoms with van der Waals surface area (Å²) in [5, 5.41) is 0. The Labute approximate surface area is 123 Å². The lowest BCUT2D eigenvalue weighted by Gasteiger charge is -2.38. The van der Waals surface area contributed by atoms with Gasteiger partial charge in [0.1, 0.15) is 0 Å². The van der Waals surface area contributed by atoms with E-state index in [4.69, 9.17) is 5.73 Å². The SMILES string of the molecule is CC(C)CC1CCCN(C(=O)C2(N)CCCC2)C1.Cl. The summed E-state index contributed by atoms with van der Waals surface area (Å²) < 4.78 is 0. The van der Waals surface area contributed by atoms with Crippen LogP contribution in [0.3, 0.4) is 0 Å². The van der Waals surface area contributed by atoms with Gasteiger partial charge < -0.3 is 10.6 Å². The molecule has 0 aromatic heterocycles. The first-order valence-electron chi connectivity index (χ1n) is 7.59. The van der Waals surface area contributed by atoms with E-state index in [-0.39, 0.29) is 18.3 Å². The van der Waals surface area contributed by atoms with Crippen molar-refractivity contribution in [3.63, 3.8) is 0 Å². The van der Waals surface area contributed by atoms with Crippen LogP contribution in [0.4, 0.5) is 0 Å². The highest BCUT2D eigenvalue weighted by molar-refractivity contribution is 5.86. The van der Waals surface area contributed by atoms with Gasteiger partial charge in [0.05, 0.1) is 5.54 Å². The number of amides is 1. The summed E-state index contributed by atoms with van der Waals surface area (Å²) in [5.74, 6) is 1.64. The lowest BCUT2D eigenvalue weighted by atomic mass is 9.88. The number of hydrogen-bond donors (Lipinski definition) is 1. The third-order valence-electron chi connectivity index (χ3n) is 4.53. The number of carbonyl (C=O) groups is 1. The molecule has 2 fully saturated rings. The number of rotatable bonds is 3. The Balaban J connectivity index is 0.00000180. The largest absolute Gasteiger partial charge is 0.341 e. The summed E-state index contributed by atoms with van der Waals surface area (Å²) in [6, 6.07) is 0. The molecule has 1 unspecified atom stereocenters. The predicted molar refractivity (Wildman–Crippen MR) is 81.4 cm³/mol. The van der Waals surface area contributed by atoms with Gasteiger partial charge >= 0.3 is 0 Å². The number of likely N-dealkylation sites (tertiary alicyclic amines) is 1. The van der Waals surface area contributed by atoms with Crippen LogP contribution < -0.4 is 5.73 Å². The van der Waals surface area contributed by atoms with Crippen LogP contribution in [0, 0.1) is 11.8 Å². The molecule has 0 aromatic rings. The summed E-state index contributed by atoms with van der Waals surface area (Å²) in [6.07, 6.45) is 7.67. The van der Waals surface area contributed by atoms with Crippen LogP contribution in [-0.4, -0.2) is 29.4 Å². The Morgan fingerprint density at radius 3 is 2.53 bits per heavy atom. The molecule has 2 rings (SSSR count). The van der Waals surface area contributed by atoms with Crippen LogP contribution in [0.2, 0.25) is 0 Å². The number of nitrogens with two attached hydrogens (primary N) is 1. The Kier molecular flexibility index (Phi) is 6.13. The van der Waals surface area contributed by atoms with E-state index in [1.807, 2.05) is 0 Å². The second-order valence-electron chi connectivity index (χ2n) is 6.75. The fourth-order valence-electron chi connectivity index (χ4n) is 3.64. The smallest absolute Gasteiger partial charge is 0.242 e. The van der Waals surface area contributed by atoms with E-state index in [1.54, 1.807) is 0 Å². The topological polar surface area (TPSA) is 46.3 Å². The maximum Gasteiger partial charge on any atom is 0.242 e. The van der Waals surface area contributed by atoms with Crippen molar-refractivity contribution >= 4 is 18.3 Å². The van der Waals surface area contributed by atoms with Gasteiger partial charge in [-0.2, -0.15) is 0 Å². The second-order valence-corrected chi connectivity index (χ2v) is 6.75. The van der Waals surface area contributed by atoms with Crippen molar-refractivity contribution in [3.8, 4) is 0 Å². The van der Waals surface area contributed by atoms with E-state index in [2.05, 4.69) is 18.7 Å². The van der Waals surface area contributed by atoms with Crippen LogP contribution in [0.1, 0.15) is 58.8 Å². The molecule has 3 nitrogen and oxygen atoms in total. The molecule has 1 saturated heterocycles. The van der Waals surface area contributed by atoms with E-state index in [0.717, 1.165) is 51.1 Å². The molecule has 0 radical (unpaired) electrons. The Hall–Kier alpha value is -0.280. The molecule has 2 N–H and O–H groups in total. The van der Waals surface area contributed by atoms with Gasteiger partial charge in [-0.05, 0) is 43.9 Å². The average molecular weight is 289 g/mol. The Bertz CT molecular complexity index is 301. The standard InChI is InChI=1S/C15H28N2O.ClH/c1-12(2)10-13-6-5-9-17(11-13)14(18)15(16)7-3-4-8-15;/h12-13H,3-11,16H2,1-2H3;1H. The fraction of sp³-hybridized carbons (Fsp3) is 0.933. The van der Waals surface area contributed by atoms with Crippen molar-refractivity contribution in [2.45, 2.75) is 64.3 Å². The molecular formula is C15H29ClN2O. The quantitative estimate of drug-likeness (QED) is 0.868. The minimum absolute atomic E-state index is 0. The number of halogens is 1. The van der Waals surface area contributed by atoms with E-state index in [9.17, 15) is 4.79 Å². The zero-order chi connectivity index (χ0) is 13.2. The third-order valence-corrected chi connectivity index (χ3v) is 4.53. The molecule has 1 amide bonds. The number of nitrogens with zero attached hydrogens (tertiary/aromatic N) is 1. The van der Waals surface area contributed by atoms with Crippen molar-refractivity contribution in [2.24, 2.45) is 17.6 Å². The zero-order valence-corrected chi connectivity index (χ0v) is 13.2. The highest BCUT2D eigenvalue weighted by atomic mass is 35.5. The van der Waals surface area contributed by atoms with E-state index < -0.39 is 5.54 Å². The molecular weight excluding hydrogens is 260 g/mol. The van der Waals surface area contributed by atoms with Crippen molar-refractivity contribution in [2.75, 3.05) is 13.1 Å². The third kappa shape index (κ3) is 4.09. The molecule has 1 aliphatic heterocycles. The van der Waals surface area contributed by atoms with Gasteiger partial charge in [-0.3, -0.25) is 4.79 Å². The molecule has 1 atom stereocenters. The zero-order valence-electron chi connectivity index (χ0n) is 12.4. The summed E-state index contributed by atoms with van der Waals surface area (Å²) in [4.78, 5) is 14.6. The lowest BCUT2D eigenvalue weighted by molar-refractivity contribution is -0.138. The van der Waals surface area contributed by atoms with Crippen LogP contribution >= 0.6 is 12.4 Å². The first kappa shape index (κ1) is 16.8. The van der Waals surface area contributed by atoms with Gasteiger partial charge in [0.25, 0.3) is 0 Å². The molecule has 0 spiro atoms. The average Bonchev–Trinajstić information content (AvgIpc) is 2.76. The van der Waals surface area contributed by atoms with Crippen molar-refractivity contribution < 1.29 is 4.79 Å². The summed E-state index contributed by atoms with van der Waals surface area (Å²) in [5.41, 5.74) is 5.76. The van der Waals surface area contributed by atoms with Crippen LogP contribution in [0.15, 0.2) is 0 Å². The molecule has 1 saturated carbocycles. The number of carbonyl (C=O) groups excluding carboxylic acids is 1. The van der Waals surface area contributed by atoms with Crippen molar-refractivity contribution in [1.82, 2.24) is 4.90 Å². The second kappa shape index (κ2) is 6.94. The van der Waals surface area contributed by atoms with Gasteiger partial charge in [0.15, 0.2) is 0 Å². The predicted octanol–water partition coefficient (Wildman–Crippen LogP) is 2.96. The highest BCUT2D eigenvalue weighted by Crippen LogP contribution is 2.31. The maximum absolute atomic E-state index is 12.6. The fourth-order valence-corrected chi connectivity index (χ4v) is 3.64. The molecule has 1 aliphatic carbocycles. The summed E-state index contributed by atoms with van der Waals surface area (Å²) in [7, 11) is 0. The lowest BCUT2D eigenvalue weighted by Crippen LogP contribution is -2.55. The maximum atomic E-state index is 12.6. The van der Waals surface area contributed by atoms with E-state index in [0.29, 0.717) is 5.92 Å². The minimum atomic E-state index is -0.528. The Morgan fingerprint density at radius 1 is 1.32 bits per heavy atom. The van der Waals surface area contributed by atoms with Crippen molar-refractivity contribution in [3.05, 3.63) is 0 Å². The number of hydrogen-bond acceptors (Lipinski definition) is 2. The van der Waals surface area contributed by atoms with Gasteiger partial charge in [0.2, 0.25) is 5.91 Å². The first-order valence-corrected chi connectivity index (χ1v) is 7.59. The molecule has 2 aliphatic rings. The van der Waals surface area contributed by atoms with E-state index >= 15 is 0 Å². The number of piperidine rings is 1. The van der Waals surface area contributed by atoms with Gasteiger partial charge in [0, 0.05) is 13.1 Å². The molecule has 112 valence electrons. The Morgan fingerprint density at radius 2 is 1.95 bits per heavy atom. The van der Waals surface area contributed by atoms with E-state index in [1.165, 1.54) is 12.8 Å². The molecule has 4 heteroatoms.